The maximum atomic E-state index is 13.2. The normalized spacial score (nSPS) is 10.9. The average Bonchev–Trinajstić information content (AvgIpc) is 2.33. The molecule has 0 aromatic carbocycles. The van der Waals surface area contributed by atoms with E-state index >= 15 is 0 Å². The molecule has 1 unspecified atom stereocenters. The van der Waals surface area contributed by atoms with Gasteiger partial charge in [0.25, 0.3) is 0 Å². The Morgan fingerprint density at radius 2 is 1.21 bits per heavy atom. The average molecular weight is 407 g/mol. The number of alkyl halides is 1. The highest BCUT2D eigenvalue weighted by Gasteiger charge is 2.41. The number of hydrogen-bond acceptors (Lipinski definition) is 3. The smallest absolute Gasteiger partial charge is 0.374 e. The molecule has 24 heavy (non-hydrogen) atoms. The van der Waals surface area contributed by atoms with Crippen molar-refractivity contribution in [2.24, 2.45) is 0 Å². The molecular formula is C14H39F5O3Si2. The predicted octanol–water partition coefficient (Wildman–Crippen LogP) is 3.85. The molecule has 0 aromatic rings. The first-order valence-electron chi connectivity index (χ1n) is 7.70. The fraction of sp³-hybridized carbons (Fsp3) is 1.00. The Morgan fingerprint density at radius 3 is 1.58 bits per heavy atom. The molecule has 0 N–H and O–H groups in total. The van der Waals surface area contributed by atoms with Gasteiger partial charge in [0.15, 0.2) is 6.36 Å². The van der Waals surface area contributed by atoms with Crippen molar-refractivity contribution in [3.63, 3.8) is 0 Å². The summed E-state index contributed by atoms with van der Waals surface area (Å²) in [5, 5.41) is 0. The van der Waals surface area contributed by atoms with Crippen molar-refractivity contribution >= 4 is 19.8 Å². The second-order valence-corrected chi connectivity index (χ2v) is 7.41. The van der Waals surface area contributed by atoms with E-state index in [0.717, 1.165) is 18.9 Å². The van der Waals surface area contributed by atoms with Crippen LogP contribution in [0.5, 0.6) is 0 Å². The Labute approximate surface area is 148 Å². The summed E-state index contributed by atoms with van der Waals surface area (Å²) in [5.74, 6) is 0. The Hall–Kier alpha value is -0.0362. The first-order chi connectivity index (χ1) is 9.10. The maximum absolute atomic E-state index is 13.2. The number of halogens is 5. The van der Waals surface area contributed by atoms with Gasteiger partial charge in [0.2, 0.25) is 0 Å². The second-order valence-electron chi connectivity index (χ2n) is 4.73. The minimum absolute atomic E-state index is 0. The van der Waals surface area contributed by atoms with E-state index in [9.17, 15) is 4.39 Å². The molecule has 0 aliphatic rings. The van der Waals surface area contributed by atoms with Crippen LogP contribution in [0.4, 0.5) is 23.2 Å². The summed E-state index contributed by atoms with van der Waals surface area (Å²) in [6.45, 7) is 8.41. The van der Waals surface area contributed by atoms with E-state index in [4.69, 9.17) is 13.3 Å². The van der Waals surface area contributed by atoms with Crippen LogP contribution >= 0.6 is 0 Å². The molecule has 0 aliphatic heterocycles. The predicted molar refractivity (Wildman–Crippen MR) is 100 cm³/mol. The third-order valence-electron chi connectivity index (χ3n) is 2.91. The van der Waals surface area contributed by atoms with Crippen molar-refractivity contribution in [3.8, 4) is 0 Å². The monoisotopic (exact) mass is 406 g/mol. The highest BCUT2D eigenvalue weighted by atomic mass is 28.4. The lowest BCUT2D eigenvalue weighted by molar-refractivity contribution is -0.0157. The molecule has 156 valence electrons. The number of hydrogen-bond donors (Lipinski definition) is 0. The van der Waals surface area contributed by atoms with Gasteiger partial charge in [-0.15, -0.1) is 0 Å². The van der Waals surface area contributed by atoms with Crippen LogP contribution in [0.15, 0.2) is 0 Å². The minimum Gasteiger partial charge on any atom is -0.374 e. The highest BCUT2D eigenvalue weighted by molar-refractivity contribution is 6.60. The molecule has 0 spiro atoms. The quantitative estimate of drug-likeness (QED) is 0.264. The van der Waals surface area contributed by atoms with E-state index in [1.165, 1.54) is 32.6 Å². The van der Waals surface area contributed by atoms with Gasteiger partial charge in [-0.2, -0.15) is 0 Å². The number of rotatable bonds is 13. The highest BCUT2D eigenvalue weighted by Crippen LogP contribution is 2.22. The van der Waals surface area contributed by atoms with Gasteiger partial charge in [-0.1, -0.05) is 39.0 Å². The largest absolute Gasteiger partial charge is 0.503 e. The van der Waals surface area contributed by atoms with E-state index in [0.29, 0.717) is 13.2 Å². The van der Waals surface area contributed by atoms with Crippen LogP contribution in [0.3, 0.4) is 0 Å². The SMILES string of the molecule is CCCCCCCC[Si](OCC)(OCC)OC(C)F.F.F.F.F.[SiH4]. The molecule has 0 aliphatic carbocycles. The molecule has 0 aromatic heterocycles. The van der Waals surface area contributed by atoms with Gasteiger partial charge in [-0.3, -0.25) is 18.8 Å². The van der Waals surface area contributed by atoms with Gasteiger partial charge >= 0.3 is 8.80 Å². The summed E-state index contributed by atoms with van der Waals surface area (Å²) >= 11 is 0. The van der Waals surface area contributed by atoms with Crippen molar-refractivity contribution in [2.75, 3.05) is 13.2 Å². The molecular weight excluding hydrogens is 367 g/mol. The Bertz CT molecular complexity index is 213. The Balaban J connectivity index is -0.000000162. The van der Waals surface area contributed by atoms with E-state index < -0.39 is 15.2 Å². The molecule has 0 fully saturated rings. The van der Waals surface area contributed by atoms with Crippen molar-refractivity contribution in [2.45, 2.75) is 78.6 Å². The summed E-state index contributed by atoms with van der Waals surface area (Å²) in [4.78, 5) is 0. The van der Waals surface area contributed by atoms with Crippen LogP contribution < -0.4 is 0 Å². The van der Waals surface area contributed by atoms with E-state index in [2.05, 4.69) is 6.92 Å². The van der Waals surface area contributed by atoms with Crippen molar-refractivity contribution in [3.05, 3.63) is 0 Å². The fourth-order valence-corrected chi connectivity index (χ4v) is 4.81. The van der Waals surface area contributed by atoms with Gasteiger partial charge < -0.3 is 13.3 Å². The lowest BCUT2D eigenvalue weighted by atomic mass is 10.1. The van der Waals surface area contributed by atoms with Crippen LogP contribution in [-0.2, 0) is 13.3 Å². The molecule has 0 saturated heterocycles. The fourth-order valence-electron chi connectivity index (χ4n) is 2.12. The third-order valence-corrected chi connectivity index (χ3v) is 6.01. The summed E-state index contributed by atoms with van der Waals surface area (Å²) in [6.07, 6.45) is 5.83. The minimum atomic E-state index is -2.80. The zero-order valence-corrected chi connectivity index (χ0v) is 15.7. The second kappa shape index (κ2) is 25.2. The van der Waals surface area contributed by atoms with Gasteiger partial charge in [0, 0.05) is 19.3 Å². The van der Waals surface area contributed by atoms with Crippen LogP contribution in [0.2, 0.25) is 6.04 Å². The molecule has 0 amide bonds. The molecule has 1 atom stereocenters. The van der Waals surface area contributed by atoms with E-state index in [1.54, 1.807) is 0 Å². The summed E-state index contributed by atoms with van der Waals surface area (Å²) in [5.41, 5.74) is 0. The summed E-state index contributed by atoms with van der Waals surface area (Å²) in [7, 11) is -2.80. The molecule has 0 heterocycles. The van der Waals surface area contributed by atoms with Crippen LogP contribution in [0.25, 0.3) is 0 Å². The first-order valence-corrected chi connectivity index (χ1v) is 9.63. The van der Waals surface area contributed by atoms with E-state index in [1.807, 2.05) is 13.8 Å². The van der Waals surface area contributed by atoms with Gasteiger partial charge in [0.1, 0.15) is 0 Å². The zero-order chi connectivity index (χ0) is 14.6. The van der Waals surface area contributed by atoms with Crippen LogP contribution in [0.1, 0.15) is 66.2 Å². The molecule has 0 saturated carbocycles. The maximum Gasteiger partial charge on any atom is 0.503 e. The lowest BCUT2D eigenvalue weighted by Gasteiger charge is -2.29. The number of unbranched alkanes of at least 4 members (excludes halogenated alkanes) is 5. The summed E-state index contributed by atoms with van der Waals surface area (Å²) < 4.78 is 29.9. The molecule has 0 rings (SSSR count). The van der Waals surface area contributed by atoms with Crippen molar-refractivity contribution < 1.29 is 36.5 Å². The van der Waals surface area contributed by atoms with E-state index in [-0.39, 0.29) is 29.8 Å². The summed E-state index contributed by atoms with van der Waals surface area (Å²) in [6, 6.07) is 0.717. The molecule has 3 nitrogen and oxygen atoms in total. The van der Waals surface area contributed by atoms with Crippen molar-refractivity contribution in [1.82, 2.24) is 0 Å². The van der Waals surface area contributed by atoms with Crippen LogP contribution in [0, 0.1) is 0 Å². The molecule has 0 bridgehead atoms. The van der Waals surface area contributed by atoms with Gasteiger partial charge in [0.05, 0.1) is 0 Å². The Morgan fingerprint density at radius 1 is 0.792 bits per heavy atom. The van der Waals surface area contributed by atoms with Crippen LogP contribution in [-0.4, -0.2) is 39.3 Å². The van der Waals surface area contributed by atoms with Gasteiger partial charge in [-0.25, -0.2) is 4.39 Å². The molecule has 10 heteroatoms. The van der Waals surface area contributed by atoms with Crippen molar-refractivity contribution in [1.29, 1.82) is 0 Å². The molecule has 0 radical (unpaired) electrons. The first kappa shape index (κ1) is 39.2. The lowest BCUT2D eigenvalue weighted by Crippen LogP contribution is -2.47. The topological polar surface area (TPSA) is 27.7 Å². The third kappa shape index (κ3) is 20.0. The zero-order valence-electron chi connectivity index (χ0n) is 14.7. The standard InChI is InChI=1S/C14H31FO3Si.4FH.H4Si/c1-5-8-9-10-11-12-13-19(16-6-2,17-7-3)18-14(4)15;;;;;/h14H,5-13H2,1-4H3;4*1H;1H4. The van der Waals surface area contributed by atoms with Gasteiger partial charge in [-0.05, 0) is 38.2 Å². The Kier molecular flexibility index (Phi) is 41.1.